The Morgan fingerprint density at radius 2 is 0.758 bits per heavy atom. The van der Waals surface area contributed by atoms with E-state index in [1.807, 2.05) is 18.2 Å². The van der Waals surface area contributed by atoms with E-state index in [1.54, 1.807) is 0 Å². The number of para-hydroxylation sites is 3. The second-order valence-electron chi connectivity index (χ2n) is 16.1. The van der Waals surface area contributed by atoms with Gasteiger partial charge < -0.3 is 4.90 Å². The lowest BCUT2D eigenvalue weighted by atomic mass is 9.64. The van der Waals surface area contributed by atoms with Crippen LogP contribution in [0, 0.1) is 0 Å². The molecular weight excluding hydrogens is 751 g/mol. The third-order valence-electron chi connectivity index (χ3n) is 12.7. The first-order valence-electron chi connectivity index (χ1n) is 21.2. The number of benzene rings is 9. The lowest BCUT2D eigenvalue weighted by Gasteiger charge is -2.45. The van der Waals surface area contributed by atoms with Crippen molar-refractivity contribution in [3.63, 3.8) is 0 Å². The van der Waals surface area contributed by atoms with Crippen LogP contribution in [0.3, 0.4) is 0 Å². The quantitative estimate of drug-likeness (QED) is 0.168. The van der Waals surface area contributed by atoms with Crippen LogP contribution in [0.4, 0.5) is 17.1 Å². The Balaban J connectivity index is 1.05. The Kier molecular flexibility index (Phi) is 8.39. The molecule has 2 aliphatic rings. The van der Waals surface area contributed by atoms with Crippen molar-refractivity contribution < 1.29 is 0 Å². The molecule has 62 heavy (non-hydrogen) atoms. The SMILES string of the molecule is c1ccc(-c2ccc(-c3cc(-c4ccccc4-c4ccc5c(c4)C4(c6ccccc6-5)c5ccccc5N(c5ccccc5)c5ccccc54)nc(-c4ccccc4)n3)cc2)cc1. The molecule has 12 rings (SSSR count). The summed E-state index contributed by atoms with van der Waals surface area (Å²) in [6.07, 6.45) is 0. The molecule has 0 unspecified atom stereocenters. The first-order chi connectivity index (χ1) is 30.8. The second kappa shape index (κ2) is 14.5. The molecule has 0 amide bonds. The predicted molar refractivity (Wildman–Crippen MR) is 255 cm³/mol. The molecule has 10 aromatic rings. The normalized spacial score (nSPS) is 12.9. The minimum Gasteiger partial charge on any atom is -0.310 e. The highest BCUT2D eigenvalue weighted by Gasteiger charge is 2.51. The lowest BCUT2D eigenvalue weighted by molar-refractivity contribution is 0.753. The Morgan fingerprint density at radius 1 is 0.290 bits per heavy atom. The molecule has 3 nitrogen and oxygen atoms in total. The van der Waals surface area contributed by atoms with Gasteiger partial charge in [0.1, 0.15) is 0 Å². The zero-order chi connectivity index (χ0) is 41.0. The van der Waals surface area contributed by atoms with Gasteiger partial charge in [0.25, 0.3) is 0 Å². The fraction of sp³-hybridized carbons (Fsp3) is 0.0169. The Hall–Kier alpha value is -8.14. The maximum atomic E-state index is 5.32. The highest BCUT2D eigenvalue weighted by atomic mass is 15.2. The van der Waals surface area contributed by atoms with Crippen molar-refractivity contribution in [1.29, 1.82) is 0 Å². The summed E-state index contributed by atoms with van der Waals surface area (Å²) in [6, 6.07) is 85.2. The summed E-state index contributed by atoms with van der Waals surface area (Å²) in [4.78, 5) is 12.9. The Morgan fingerprint density at radius 3 is 1.44 bits per heavy atom. The van der Waals surface area contributed by atoms with Gasteiger partial charge in [-0.25, -0.2) is 9.97 Å². The number of aromatic nitrogens is 2. The molecule has 2 heterocycles. The van der Waals surface area contributed by atoms with Crippen LogP contribution >= 0.6 is 0 Å². The van der Waals surface area contributed by atoms with Gasteiger partial charge in [0.15, 0.2) is 5.82 Å². The third kappa shape index (κ3) is 5.59. The maximum absolute atomic E-state index is 5.32. The number of rotatable bonds is 6. The number of hydrogen-bond donors (Lipinski definition) is 0. The van der Waals surface area contributed by atoms with E-state index in [0.717, 1.165) is 44.9 Å². The van der Waals surface area contributed by atoms with Crippen molar-refractivity contribution in [1.82, 2.24) is 9.97 Å². The van der Waals surface area contributed by atoms with E-state index in [-0.39, 0.29) is 0 Å². The van der Waals surface area contributed by atoms with Gasteiger partial charge in [0, 0.05) is 22.4 Å². The van der Waals surface area contributed by atoms with Crippen LogP contribution in [-0.4, -0.2) is 9.97 Å². The second-order valence-corrected chi connectivity index (χ2v) is 16.1. The molecule has 0 bridgehead atoms. The number of hydrogen-bond acceptors (Lipinski definition) is 3. The summed E-state index contributed by atoms with van der Waals surface area (Å²) in [5.41, 5.74) is 20.1. The van der Waals surface area contributed by atoms with E-state index in [2.05, 4.69) is 223 Å². The standard InChI is InChI=1S/C59H39N3/c1-4-18-40(19-5-1)41-32-34-42(35-33-41)54-39-55(61-58(60-54)43-20-6-2-7-21-43)49-26-11-10-24-46(49)44-36-37-48-47-25-12-13-27-50(47)59(53(48)38-44)51-28-14-16-30-56(51)62(45-22-8-3-9-23-45)57-31-17-15-29-52(57)59/h1-39H. The fourth-order valence-corrected chi connectivity index (χ4v) is 10.0. The van der Waals surface area contributed by atoms with E-state index >= 15 is 0 Å². The van der Waals surface area contributed by atoms with Gasteiger partial charge in [0.05, 0.1) is 28.2 Å². The van der Waals surface area contributed by atoms with Crippen molar-refractivity contribution in [2.24, 2.45) is 0 Å². The maximum Gasteiger partial charge on any atom is 0.160 e. The van der Waals surface area contributed by atoms with Crippen molar-refractivity contribution >= 4 is 17.1 Å². The highest BCUT2D eigenvalue weighted by Crippen LogP contribution is 2.63. The first-order valence-corrected chi connectivity index (χ1v) is 21.2. The summed E-state index contributed by atoms with van der Waals surface area (Å²) in [7, 11) is 0. The molecule has 0 saturated carbocycles. The Labute approximate surface area is 361 Å². The number of anilines is 3. The summed E-state index contributed by atoms with van der Waals surface area (Å²) < 4.78 is 0. The third-order valence-corrected chi connectivity index (χ3v) is 12.7. The smallest absolute Gasteiger partial charge is 0.160 e. The van der Waals surface area contributed by atoms with Gasteiger partial charge in [0.2, 0.25) is 0 Å². The topological polar surface area (TPSA) is 29.0 Å². The predicted octanol–water partition coefficient (Wildman–Crippen LogP) is 15.0. The molecular formula is C59H39N3. The van der Waals surface area contributed by atoms with Gasteiger partial charge in [-0.3, -0.25) is 0 Å². The zero-order valence-corrected chi connectivity index (χ0v) is 33.9. The molecule has 1 aliphatic heterocycles. The van der Waals surface area contributed by atoms with Gasteiger partial charge in [-0.15, -0.1) is 0 Å². The lowest BCUT2D eigenvalue weighted by Crippen LogP contribution is -2.36. The first kappa shape index (κ1) is 35.8. The van der Waals surface area contributed by atoms with E-state index in [4.69, 9.17) is 9.97 Å². The van der Waals surface area contributed by atoms with Gasteiger partial charge in [-0.05, 0) is 92.0 Å². The molecule has 0 N–H and O–H groups in total. The zero-order valence-electron chi connectivity index (χ0n) is 33.9. The highest BCUT2D eigenvalue weighted by molar-refractivity contribution is 5.97. The molecule has 290 valence electrons. The van der Waals surface area contributed by atoms with Crippen LogP contribution < -0.4 is 4.90 Å². The van der Waals surface area contributed by atoms with Crippen LogP contribution in [0.2, 0.25) is 0 Å². The van der Waals surface area contributed by atoms with E-state index in [1.165, 1.54) is 55.9 Å². The molecule has 0 saturated heterocycles. The Bertz CT molecular complexity index is 3240. The summed E-state index contributed by atoms with van der Waals surface area (Å²) in [5.74, 6) is 0.696. The molecule has 0 atom stereocenters. The largest absolute Gasteiger partial charge is 0.310 e. The molecule has 1 spiro atoms. The van der Waals surface area contributed by atoms with Crippen molar-refractivity contribution in [2.45, 2.75) is 5.41 Å². The van der Waals surface area contributed by atoms with E-state index < -0.39 is 5.41 Å². The van der Waals surface area contributed by atoms with Crippen LogP contribution in [0.15, 0.2) is 237 Å². The monoisotopic (exact) mass is 789 g/mol. The fourth-order valence-electron chi connectivity index (χ4n) is 10.0. The van der Waals surface area contributed by atoms with Crippen molar-refractivity contribution in [2.75, 3.05) is 4.90 Å². The minimum absolute atomic E-state index is 0.552. The van der Waals surface area contributed by atoms with Crippen LogP contribution in [0.5, 0.6) is 0 Å². The molecule has 1 aliphatic carbocycles. The molecule has 1 aromatic heterocycles. The average Bonchev–Trinajstić information content (AvgIpc) is 3.65. The van der Waals surface area contributed by atoms with Crippen molar-refractivity contribution in [3.05, 3.63) is 259 Å². The van der Waals surface area contributed by atoms with Gasteiger partial charge in [-0.2, -0.15) is 0 Å². The summed E-state index contributed by atoms with van der Waals surface area (Å²) in [6.45, 7) is 0. The van der Waals surface area contributed by atoms with Crippen molar-refractivity contribution in [3.8, 4) is 67.3 Å². The molecule has 0 fully saturated rings. The minimum atomic E-state index is -0.552. The molecule has 3 heteroatoms. The van der Waals surface area contributed by atoms with Gasteiger partial charge in [-0.1, -0.05) is 200 Å². The number of fused-ring (bicyclic) bond motifs is 9. The number of nitrogens with zero attached hydrogens (tertiary/aromatic N) is 3. The molecule has 0 radical (unpaired) electrons. The van der Waals surface area contributed by atoms with Crippen LogP contribution in [0.1, 0.15) is 22.3 Å². The average molecular weight is 790 g/mol. The van der Waals surface area contributed by atoms with Crippen LogP contribution in [0.25, 0.3) is 67.3 Å². The van der Waals surface area contributed by atoms with Crippen LogP contribution in [-0.2, 0) is 5.41 Å². The molecule has 9 aromatic carbocycles. The summed E-state index contributed by atoms with van der Waals surface area (Å²) in [5, 5.41) is 0. The van der Waals surface area contributed by atoms with E-state index in [9.17, 15) is 0 Å². The summed E-state index contributed by atoms with van der Waals surface area (Å²) >= 11 is 0. The van der Waals surface area contributed by atoms with Gasteiger partial charge >= 0.3 is 0 Å². The van der Waals surface area contributed by atoms with E-state index in [0.29, 0.717) is 5.82 Å².